The third kappa shape index (κ3) is 1.43. The monoisotopic (exact) mass is 169 g/mol. The van der Waals surface area contributed by atoms with Crippen LogP contribution >= 0.6 is 0 Å². The topological polar surface area (TPSA) is 39.1 Å². The van der Waals surface area contributed by atoms with Crippen LogP contribution in [0.2, 0.25) is 0 Å². The summed E-state index contributed by atoms with van der Waals surface area (Å²) in [5.74, 6) is 0.712. The summed E-state index contributed by atoms with van der Waals surface area (Å²) in [5, 5.41) is 7.28. The maximum Gasteiger partial charge on any atom is 0.237 e. The number of hydrogen-bond donors (Lipinski definition) is 1. The van der Waals surface area contributed by atoms with Gasteiger partial charge in [0, 0.05) is 19.3 Å². The van der Waals surface area contributed by atoms with Crippen molar-refractivity contribution in [2.75, 3.05) is 14.2 Å². The first-order valence-corrected chi connectivity index (χ1v) is 3.91. The van der Waals surface area contributed by atoms with Crippen LogP contribution in [0.4, 0.5) is 0 Å². The van der Waals surface area contributed by atoms with Gasteiger partial charge in [0.05, 0.1) is 12.7 Å². The molecule has 0 unspecified atom stereocenters. The quantitative estimate of drug-likeness (QED) is 0.714. The average Bonchev–Trinajstić information content (AvgIpc) is 2.33. The van der Waals surface area contributed by atoms with Crippen LogP contribution in [0.25, 0.3) is 0 Å². The minimum absolute atomic E-state index is 0.712. The van der Waals surface area contributed by atoms with Gasteiger partial charge < -0.3 is 10.1 Å². The Hall–Kier alpha value is -1.03. The molecule has 0 fully saturated rings. The second-order valence-electron chi connectivity index (χ2n) is 2.73. The van der Waals surface area contributed by atoms with Crippen molar-refractivity contribution in [2.24, 2.45) is 7.05 Å². The summed E-state index contributed by atoms with van der Waals surface area (Å²) in [6.45, 7) is 2.82. The predicted octanol–water partition coefficient (Wildman–Crippen LogP) is 0.457. The van der Waals surface area contributed by atoms with Gasteiger partial charge in [-0.15, -0.1) is 5.10 Å². The van der Waals surface area contributed by atoms with Gasteiger partial charge in [0.25, 0.3) is 0 Å². The highest BCUT2D eigenvalue weighted by molar-refractivity contribution is 5.30. The highest BCUT2D eigenvalue weighted by Crippen LogP contribution is 2.19. The Balaban J connectivity index is 3.03. The van der Waals surface area contributed by atoms with Crippen molar-refractivity contribution in [2.45, 2.75) is 13.5 Å². The normalized spacial score (nSPS) is 10.3. The lowest BCUT2D eigenvalue weighted by atomic mass is 10.2. The van der Waals surface area contributed by atoms with Crippen LogP contribution < -0.4 is 10.1 Å². The second-order valence-corrected chi connectivity index (χ2v) is 2.73. The molecule has 1 aromatic rings. The summed E-state index contributed by atoms with van der Waals surface area (Å²) in [4.78, 5) is 0. The van der Waals surface area contributed by atoms with Gasteiger partial charge in [-0.25, -0.2) is 0 Å². The van der Waals surface area contributed by atoms with Gasteiger partial charge >= 0.3 is 0 Å². The SMILES string of the molecule is CNCc1c(OC)nn(C)c1C. The summed E-state index contributed by atoms with van der Waals surface area (Å²) in [5.41, 5.74) is 2.27. The Labute approximate surface area is 72.5 Å². The van der Waals surface area contributed by atoms with Crippen molar-refractivity contribution in [1.82, 2.24) is 15.1 Å². The molecule has 0 saturated heterocycles. The van der Waals surface area contributed by atoms with E-state index in [-0.39, 0.29) is 0 Å². The van der Waals surface area contributed by atoms with E-state index in [4.69, 9.17) is 4.74 Å². The Bertz CT molecular complexity index is 268. The molecule has 1 heterocycles. The zero-order chi connectivity index (χ0) is 9.14. The van der Waals surface area contributed by atoms with Crippen LogP contribution in [-0.2, 0) is 13.6 Å². The van der Waals surface area contributed by atoms with Gasteiger partial charge in [-0.3, -0.25) is 4.68 Å². The smallest absolute Gasteiger partial charge is 0.237 e. The molecule has 0 bridgehead atoms. The molecule has 0 spiro atoms. The summed E-state index contributed by atoms with van der Waals surface area (Å²) in [6, 6.07) is 0. The van der Waals surface area contributed by atoms with E-state index in [0.29, 0.717) is 5.88 Å². The van der Waals surface area contributed by atoms with Crippen molar-refractivity contribution in [3.8, 4) is 5.88 Å². The molecule has 0 amide bonds. The molecule has 12 heavy (non-hydrogen) atoms. The number of aromatic nitrogens is 2. The fourth-order valence-corrected chi connectivity index (χ4v) is 1.17. The molecule has 1 rings (SSSR count). The van der Waals surface area contributed by atoms with Crippen LogP contribution in [-0.4, -0.2) is 23.9 Å². The Morgan fingerprint density at radius 2 is 2.25 bits per heavy atom. The van der Waals surface area contributed by atoms with Gasteiger partial charge in [0.1, 0.15) is 0 Å². The molecule has 0 atom stereocenters. The van der Waals surface area contributed by atoms with Crippen molar-refractivity contribution in [3.05, 3.63) is 11.3 Å². The Morgan fingerprint density at radius 1 is 1.58 bits per heavy atom. The number of aryl methyl sites for hydroxylation is 1. The molecular weight excluding hydrogens is 154 g/mol. The minimum atomic E-state index is 0.712. The number of nitrogens with zero attached hydrogens (tertiary/aromatic N) is 2. The summed E-state index contributed by atoms with van der Waals surface area (Å²) >= 11 is 0. The van der Waals surface area contributed by atoms with Crippen LogP contribution in [0.1, 0.15) is 11.3 Å². The van der Waals surface area contributed by atoms with E-state index in [2.05, 4.69) is 10.4 Å². The zero-order valence-electron chi connectivity index (χ0n) is 8.01. The van der Waals surface area contributed by atoms with Crippen molar-refractivity contribution in [3.63, 3.8) is 0 Å². The van der Waals surface area contributed by atoms with E-state index >= 15 is 0 Å². The minimum Gasteiger partial charge on any atom is -0.480 e. The predicted molar refractivity (Wildman–Crippen MR) is 47.3 cm³/mol. The maximum absolute atomic E-state index is 5.13. The van der Waals surface area contributed by atoms with Gasteiger partial charge in [0.15, 0.2) is 0 Å². The molecule has 0 aromatic carbocycles. The Kier molecular flexibility index (Phi) is 2.70. The summed E-state index contributed by atoms with van der Waals surface area (Å²) < 4.78 is 6.95. The molecule has 0 radical (unpaired) electrons. The molecule has 1 aromatic heterocycles. The number of nitrogens with one attached hydrogen (secondary N) is 1. The van der Waals surface area contributed by atoms with E-state index in [0.717, 1.165) is 17.8 Å². The lowest BCUT2D eigenvalue weighted by molar-refractivity contribution is 0.387. The van der Waals surface area contributed by atoms with E-state index in [1.165, 1.54) is 0 Å². The molecule has 4 heteroatoms. The van der Waals surface area contributed by atoms with Gasteiger partial charge in [-0.1, -0.05) is 0 Å². The van der Waals surface area contributed by atoms with Gasteiger partial charge in [0.2, 0.25) is 5.88 Å². The average molecular weight is 169 g/mol. The zero-order valence-corrected chi connectivity index (χ0v) is 8.01. The molecule has 0 aliphatic heterocycles. The first kappa shape index (κ1) is 9.06. The third-order valence-electron chi connectivity index (χ3n) is 1.97. The fraction of sp³-hybridized carbons (Fsp3) is 0.625. The lowest BCUT2D eigenvalue weighted by Gasteiger charge is -2.00. The number of ether oxygens (including phenoxy) is 1. The van der Waals surface area contributed by atoms with Crippen molar-refractivity contribution >= 4 is 0 Å². The largest absolute Gasteiger partial charge is 0.480 e. The highest BCUT2D eigenvalue weighted by atomic mass is 16.5. The lowest BCUT2D eigenvalue weighted by Crippen LogP contribution is -2.07. The summed E-state index contributed by atoms with van der Waals surface area (Å²) in [7, 11) is 5.46. The van der Waals surface area contributed by atoms with E-state index < -0.39 is 0 Å². The maximum atomic E-state index is 5.13. The molecule has 0 saturated carbocycles. The Morgan fingerprint density at radius 3 is 2.75 bits per heavy atom. The van der Waals surface area contributed by atoms with E-state index in [1.807, 2.05) is 25.7 Å². The highest BCUT2D eigenvalue weighted by Gasteiger charge is 2.11. The standard InChI is InChI=1S/C8H15N3O/c1-6-7(5-9-2)8(12-4)10-11(6)3/h9H,5H2,1-4H3. The van der Waals surface area contributed by atoms with Crippen LogP contribution in [0, 0.1) is 6.92 Å². The van der Waals surface area contributed by atoms with E-state index in [9.17, 15) is 0 Å². The van der Waals surface area contributed by atoms with Crippen LogP contribution in [0.5, 0.6) is 5.88 Å². The first-order chi connectivity index (χ1) is 5.70. The molecule has 68 valence electrons. The summed E-state index contributed by atoms with van der Waals surface area (Å²) in [6.07, 6.45) is 0. The fourth-order valence-electron chi connectivity index (χ4n) is 1.17. The first-order valence-electron chi connectivity index (χ1n) is 3.91. The second kappa shape index (κ2) is 3.58. The van der Waals surface area contributed by atoms with Crippen LogP contribution in [0.15, 0.2) is 0 Å². The van der Waals surface area contributed by atoms with Gasteiger partial charge in [-0.05, 0) is 14.0 Å². The van der Waals surface area contributed by atoms with Crippen molar-refractivity contribution < 1.29 is 4.74 Å². The number of hydrogen-bond acceptors (Lipinski definition) is 3. The molecule has 4 nitrogen and oxygen atoms in total. The van der Waals surface area contributed by atoms with Gasteiger partial charge in [-0.2, -0.15) is 0 Å². The molecule has 0 aliphatic carbocycles. The molecule has 0 aliphatic rings. The van der Waals surface area contributed by atoms with E-state index in [1.54, 1.807) is 7.11 Å². The number of rotatable bonds is 3. The molecule has 1 N–H and O–H groups in total. The third-order valence-corrected chi connectivity index (χ3v) is 1.97. The van der Waals surface area contributed by atoms with Crippen molar-refractivity contribution in [1.29, 1.82) is 0 Å². The van der Waals surface area contributed by atoms with Crippen LogP contribution in [0.3, 0.4) is 0 Å². The molecular formula is C8H15N3O. The number of methoxy groups -OCH3 is 1.